The van der Waals surface area contributed by atoms with Gasteiger partial charge in [0.05, 0.1) is 5.56 Å². The second kappa shape index (κ2) is 6.00. The van der Waals surface area contributed by atoms with Gasteiger partial charge in [0.1, 0.15) is 17.6 Å². The van der Waals surface area contributed by atoms with Gasteiger partial charge < -0.3 is 9.30 Å². The molecule has 2 aromatic carbocycles. The highest BCUT2D eigenvalue weighted by Gasteiger charge is 2.09. The molecular formula is C18H14N4O2. The molecule has 0 aliphatic rings. The second-order valence-corrected chi connectivity index (χ2v) is 5.36. The first-order valence-electron chi connectivity index (χ1n) is 7.49. The number of nitrogens with one attached hydrogen (secondary N) is 1. The van der Waals surface area contributed by atoms with Crippen molar-refractivity contribution in [1.29, 1.82) is 0 Å². The minimum Gasteiger partial charge on any atom is -0.457 e. The highest BCUT2D eigenvalue weighted by atomic mass is 16.5. The Balaban J connectivity index is 1.48. The first-order valence-corrected chi connectivity index (χ1v) is 7.49. The van der Waals surface area contributed by atoms with Crippen LogP contribution in [0.15, 0.2) is 67.0 Å². The van der Waals surface area contributed by atoms with E-state index in [-0.39, 0.29) is 12.6 Å². The van der Waals surface area contributed by atoms with Crippen molar-refractivity contribution in [2.75, 3.05) is 0 Å². The van der Waals surface area contributed by atoms with E-state index in [1.54, 1.807) is 6.07 Å². The quantitative estimate of drug-likeness (QED) is 0.587. The van der Waals surface area contributed by atoms with Crippen molar-refractivity contribution >= 4 is 17.0 Å². The number of esters is 1. The van der Waals surface area contributed by atoms with Crippen LogP contribution >= 0.6 is 0 Å². The monoisotopic (exact) mass is 318 g/mol. The number of H-pyrrole nitrogens is 1. The fraction of sp³-hybridized carbons (Fsp3) is 0.0556. The van der Waals surface area contributed by atoms with E-state index in [2.05, 4.69) is 15.4 Å². The summed E-state index contributed by atoms with van der Waals surface area (Å²) in [6, 6.07) is 16.8. The van der Waals surface area contributed by atoms with E-state index in [4.69, 9.17) is 4.74 Å². The van der Waals surface area contributed by atoms with Crippen LogP contribution in [0.5, 0.6) is 0 Å². The van der Waals surface area contributed by atoms with Gasteiger partial charge in [-0.2, -0.15) is 15.4 Å². The molecule has 4 aromatic rings. The lowest BCUT2D eigenvalue weighted by atomic mass is 10.2. The lowest BCUT2D eigenvalue weighted by Gasteiger charge is -2.07. The van der Waals surface area contributed by atoms with Gasteiger partial charge in [0, 0.05) is 18.1 Å². The van der Waals surface area contributed by atoms with Gasteiger partial charge in [-0.05, 0) is 48.0 Å². The number of rotatable bonds is 4. The fourth-order valence-corrected chi connectivity index (χ4v) is 2.51. The van der Waals surface area contributed by atoms with Gasteiger partial charge in [0.25, 0.3) is 0 Å². The molecule has 0 saturated carbocycles. The molecule has 0 unspecified atom stereocenters. The molecule has 2 heterocycles. The summed E-state index contributed by atoms with van der Waals surface area (Å²) in [5.41, 5.74) is 3.83. The van der Waals surface area contributed by atoms with Crippen molar-refractivity contribution in [1.82, 2.24) is 20.0 Å². The van der Waals surface area contributed by atoms with Crippen molar-refractivity contribution in [2.45, 2.75) is 6.61 Å². The molecule has 0 bridgehead atoms. The largest absolute Gasteiger partial charge is 0.457 e. The van der Waals surface area contributed by atoms with E-state index in [1.807, 2.05) is 65.5 Å². The molecule has 0 atom stereocenters. The molecule has 24 heavy (non-hydrogen) atoms. The Morgan fingerprint density at radius 1 is 1.00 bits per heavy atom. The van der Waals surface area contributed by atoms with Crippen molar-refractivity contribution in [3.05, 3.63) is 78.1 Å². The summed E-state index contributed by atoms with van der Waals surface area (Å²) in [6.07, 6.45) is 3.86. The Labute approximate surface area is 137 Å². The van der Waals surface area contributed by atoms with Crippen LogP contribution in [0.1, 0.15) is 15.9 Å². The molecule has 4 rings (SSSR count). The maximum Gasteiger partial charge on any atom is 0.338 e. The first-order chi connectivity index (χ1) is 11.8. The van der Waals surface area contributed by atoms with Crippen LogP contribution in [0.4, 0.5) is 0 Å². The van der Waals surface area contributed by atoms with Crippen LogP contribution in [0.25, 0.3) is 16.7 Å². The van der Waals surface area contributed by atoms with Gasteiger partial charge in [0.15, 0.2) is 0 Å². The Morgan fingerprint density at radius 3 is 2.71 bits per heavy atom. The number of carbonyl (C=O) groups is 1. The second-order valence-electron chi connectivity index (χ2n) is 5.36. The van der Waals surface area contributed by atoms with Crippen molar-refractivity contribution in [2.24, 2.45) is 0 Å². The zero-order chi connectivity index (χ0) is 16.4. The highest BCUT2D eigenvalue weighted by molar-refractivity contribution is 5.90. The average Bonchev–Trinajstić information content (AvgIpc) is 3.30. The minimum absolute atomic E-state index is 0.190. The van der Waals surface area contributed by atoms with Gasteiger partial charge in [-0.15, -0.1) is 0 Å². The van der Waals surface area contributed by atoms with Gasteiger partial charge in [-0.25, -0.2) is 4.79 Å². The Bertz CT molecular complexity index is 989. The summed E-state index contributed by atoms with van der Waals surface area (Å²) in [7, 11) is 0. The summed E-state index contributed by atoms with van der Waals surface area (Å²) < 4.78 is 7.35. The predicted molar refractivity (Wildman–Crippen MR) is 88.8 cm³/mol. The topological polar surface area (TPSA) is 72.8 Å². The molecule has 118 valence electrons. The van der Waals surface area contributed by atoms with Crippen LogP contribution in [-0.4, -0.2) is 25.9 Å². The smallest absolute Gasteiger partial charge is 0.338 e. The van der Waals surface area contributed by atoms with Crippen LogP contribution in [0, 0.1) is 0 Å². The average molecular weight is 318 g/mol. The zero-order valence-electron chi connectivity index (χ0n) is 12.7. The standard InChI is InChI=1S/C18H14N4O2/c23-18(14-4-3-5-15(11-14)22-8-1-2-9-22)24-12-13-6-7-16-17(10-13)20-21-19-16/h1-11H,12H2,(H,19,20,21). The van der Waals surface area contributed by atoms with Crippen LogP contribution in [0.2, 0.25) is 0 Å². The molecule has 2 aromatic heterocycles. The molecule has 6 heteroatoms. The van der Waals surface area contributed by atoms with E-state index in [1.165, 1.54) is 0 Å². The molecule has 1 N–H and O–H groups in total. The number of ether oxygens (including phenoxy) is 1. The number of hydrogen-bond acceptors (Lipinski definition) is 4. The Morgan fingerprint density at radius 2 is 1.83 bits per heavy atom. The van der Waals surface area contributed by atoms with Gasteiger partial charge in [-0.3, -0.25) is 0 Å². The van der Waals surface area contributed by atoms with Gasteiger partial charge >= 0.3 is 5.97 Å². The Kier molecular flexibility index (Phi) is 3.55. The zero-order valence-corrected chi connectivity index (χ0v) is 12.7. The van der Waals surface area contributed by atoms with Crippen LogP contribution in [0.3, 0.4) is 0 Å². The van der Waals surface area contributed by atoms with E-state index < -0.39 is 0 Å². The SMILES string of the molecule is O=C(OCc1ccc2n[nH]nc2c1)c1cccc(-n2cccc2)c1. The fourth-order valence-electron chi connectivity index (χ4n) is 2.51. The van der Waals surface area contributed by atoms with E-state index in [0.29, 0.717) is 5.56 Å². The number of fused-ring (bicyclic) bond motifs is 1. The molecular weight excluding hydrogens is 304 g/mol. The maximum atomic E-state index is 12.3. The number of carbonyl (C=O) groups excluding carboxylic acids is 1. The Hall–Kier alpha value is -3.41. The van der Waals surface area contributed by atoms with Gasteiger partial charge in [0.2, 0.25) is 0 Å². The molecule has 0 fully saturated rings. The lowest BCUT2D eigenvalue weighted by molar-refractivity contribution is 0.0473. The van der Waals surface area contributed by atoms with E-state index >= 15 is 0 Å². The third-order valence-corrected chi connectivity index (χ3v) is 3.74. The molecule has 0 aliphatic heterocycles. The molecule has 0 radical (unpaired) electrons. The summed E-state index contributed by atoms with van der Waals surface area (Å²) >= 11 is 0. The van der Waals surface area contributed by atoms with Crippen molar-refractivity contribution in [3.8, 4) is 5.69 Å². The highest BCUT2D eigenvalue weighted by Crippen LogP contribution is 2.14. The molecule has 0 spiro atoms. The van der Waals surface area contributed by atoms with Crippen LogP contribution in [-0.2, 0) is 11.3 Å². The molecule has 0 aliphatic carbocycles. The summed E-state index contributed by atoms with van der Waals surface area (Å²) in [4.78, 5) is 12.3. The van der Waals surface area contributed by atoms with Crippen molar-refractivity contribution in [3.63, 3.8) is 0 Å². The van der Waals surface area contributed by atoms with Crippen LogP contribution < -0.4 is 0 Å². The summed E-state index contributed by atoms with van der Waals surface area (Å²) in [6.45, 7) is 0.190. The number of nitrogens with zero attached hydrogens (tertiary/aromatic N) is 3. The summed E-state index contributed by atoms with van der Waals surface area (Å²) in [5.74, 6) is -0.357. The normalized spacial score (nSPS) is 10.8. The minimum atomic E-state index is -0.357. The predicted octanol–water partition coefficient (Wildman–Crippen LogP) is 3.11. The lowest BCUT2D eigenvalue weighted by Crippen LogP contribution is -2.06. The number of aromatic nitrogens is 4. The van der Waals surface area contributed by atoms with E-state index in [0.717, 1.165) is 22.3 Å². The third kappa shape index (κ3) is 2.77. The molecule has 6 nitrogen and oxygen atoms in total. The molecule has 0 saturated heterocycles. The maximum absolute atomic E-state index is 12.3. The van der Waals surface area contributed by atoms with Crippen molar-refractivity contribution < 1.29 is 9.53 Å². The number of aromatic amines is 1. The number of hydrogen-bond donors (Lipinski definition) is 1. The summed E-state index contributed by atoms with van der Waals surface area (Å²) in [5, 5.41) is 10.6. The van der Waals surface area contributed by atoms with Gasteiger partial charge in [-0.1, -0.05) is 12.1 Å². The first kappa shape index (κ1) is 14.2. The molecule has 0 amide bonds. The number of benzene rings is 2. The third-order valence-electron chi connectivity index (χ3n) is 3.74. The van der Waals surface area contributed by atoms with E-state index in [9.17, 15) is 4.79 Å².